The topological polar surface area (TPSA) is 84.3 Å². The van der Waals surface area contributed by atoms with Gasteiger partial charge in [0.1, 0.15) is 5.82 Å². The monoisotopic (exact) mass is 314 g/mol. The molecule has 0 atom stereocenters. The molecule has 0 saturated carbocycles. The number of nitrogens with one attached hydrogen (secondary N) is 1. The van der Waals surface area contributed by atoms with E-state index in [1.54, 1.807) is 19.3 Å². The minimum atomic E-state index is -0.344. The van der Waals surface area contributed by atoms with Gasteiger partial charge in [0, 0.05) is 32.6 Å². The Bertz CT molecular complexity index is 798. The van der Waals surface area contributed by atoms with Crippen molar-refractivity contribution >= 4 is 17.6 Å². The first-order chi connectivity index (χ1) is 10.9. The van der Waals surface area contributed by atoms with Crippen molar-refractivity contribution in [3.05, 3.63) is 58.1 Å². The standard InChI is InChI=1S/C16H18N4O3/c1-11-6-7-17-13(8-11)18-14(21)10-20(3)16(23)12-4-5-15(22)19(2)9-12/h4-9H,10H2,1-3H3,(H,17,18,21). The molecule has 7 heteroatoms. The Morgan fingerprint density at radius 2 is 2.04 bits per heavy atom. The predicted molar refractivity (Wildman–Crippen MR) is 86.2 cm³/mol. The number of rotatable bonds is 4. The molecule has 23 heavy (non-hydrogen) atoms. The van der Waals surface area contributed by atoms with Crippen LogP contribution >= 0.6 is 0 Å². The molecule has 7 nitrogen and oxygen atoms in total. The molecule has 0 fully saturated rings. The summed E-state index contributed by atoms with van der Waals surface area (Å²) in [6, 6.07) is 6.33. The summed E-state index contributed by atoms with van der Waals surface area (Å²) in [5.41, 5.74) is 1.12. The van der Waals surface area contributed by atoms with Gasteiger partial charge in [-0.3, -0.25) is 14.4 Å². The highest BCUT2D eigenvalue weighted by Gasteiger charge is 2.16. The molecule has 0 bridgehead atoms. The third kappa shape index (κ3) is 4.26. The summed E-state index contributed by atoms with van der Waals surface area (Å²) in [5.74, 6) is -0.241. The fourth-order valence-electron chi connectivity index (χ4n) is 2.01. The third-order valence-electron chi connectivity index (χ3n) is 3.24. The molecule has 2 aromatic heterocycles. The summed E-state index contributed by atoms with van der Waals surface area (Å²) in [6.45, 7) is 1.78. The number of aromatic nitrogens is 2. The van der Waals surface area contributed by atoms with Gasteiger partial charge < -0.3 is 14.8 Å². The maximum Gasteiger partial charge on any atom is 0.255 e. The summed E-state index contributed by atoms with van der Waals surface area (Å²) < 4.78 is 1.32. The molecule has 0 aromatic carbocycles. The molecule has 120 valence electrons. The number of amides is 2. The highest BCUT2D eigenvalue weighted by Crippen LogP contribution is 2.06. The average molecular weight is 314 g/mol. The lowest BCUT2D eigenvalue weighted by Gasteiger charge is -2.17. The number of hydrogen-bond donors (Lipinski definition) is 1. The van der Waals surface area contributed by atoms with Crippen LogP contribution in [0, 0.1) is 6.92 Å². The van der Waals surface area contributed by atoms with Gasteiger partial charge in [-0.2, -0.15) is 0 Å². The van der Waals surface area contributed by atoms with Crippen LogP contribution in [0.5, 0.6) is 0 Å². The summed E-state index contributed by atoms with van der Waals surface area (Å²) in [6.07, 6.45) is 3.05. The predicted octanol–water partition coefficient (Wildman–Crippen LogP) is 0.799. The number of nitrogens with zero attached hydrogens (tertiary/aromatic N) is 3. The van der Waals surface area contributed by atoms with Crippen LogP contribution in [0.3, 0.4) is 0 Å². The van der Waals surface area contributed by atoms with Gasteiger partial charge >= 0.3 is 0 Å². The minimum absolute atomic E-state index is 0.114. The van der Waals surface area contributed by atoms with Crippen LogP contribution < -0.4 is 10.9 Å². The van der Waals surface area contributed by atoms with Gasteiger partial charge in [0.2, 0.25) is 11.5 Å². The van der Waals surface area contributed by atoms with Crippen LogP contribution in [0.2, 0.25) is 0 Å². The zero-order chi connectivity index (χ0) is 17.0. The van der Waals surface area contributed by atoms with Crippen molar-refractivity contribution in [2.75, 3.05) is 18.9 Å². The van der Waals surface area contributed by atoms with Crippen molar-refractivity contribution in [3.8, 4) is 0 Å². The quantitative estimate of drug-likeness (QED) is 0.904. The first kappa shape index (κ1) is 16.4. The van der Waals surface area contributed by atoms with Crippen molar-refractivity contribution in [1.29, 1.82) is 0 Å². The van der Waals surface area contributed by atoms with Crippen molar-refractivity contribution in [1.82, 2.24) is 14.5 Å². The van der Waals surface area contributed by atoms with E-state index in [1.165, 1.54) is 34.8 Å². The van der Waals surface area contributed by atoms with E-state index in [4.69, 9.17) is 0 Å². The molecule has 2 amide bonds. The van der Waals surface area contributed by atoms with Crippen LogP contribution in [0.1, 0.15) is 15.9 Å². The van der Waals surface area contributed by atoms with Gasteiger partial charge in [-0.05, 0) is 30.7 Å². The highest BCUT2D eigenvalue weighted by molar-refractivity contribution is 5.98. The number of carbonyl (C=O) groups is 2. The molecule has 0 saturated heterocycles. The van der Waals surface area contributed by atoms with Gasteiger partial charge in [-0.15, -0.1) is 0 Å². The molecule has 0 aliphatic rings. The molecule has 2 aromatic rings. The Morgan fingerprint density at radius 1 is 1.30 bits per heavy atom. The Labute approximate surface area is 133 Å². The lowest BCUT2D eigenvalue weighted by molar-refractivity contribution is -0.116. The first-order valence-corrected chi connectivity index (χ1v) is 7.01. The number of aryl methyl sites for hydroxylation is 2. The molecule has 1 N–H and O–H groups in total. The second-order valence-corrected chi connectivity index (χ2v) is 5.29. The molecular formula is C16H18N4O3. The summed E-state index contributed by atoms with van der Waals surface area (Å²) in [5, 5.41) is 2.64. The normalized spacial score (nSPS) is 10.2. The van der Waals surface area contributed by atoms with E-state index in [0.29, 0.717) is 11.4 Å². The zero-order valence-electron chi connectivity index (χ0n) is 13.2. The first-order valence-electron chi connectivity index (χ1n) is 7.01. The van der Waals surface area contributed by atoms with Gasteiger partial charge in [-0.1, -0.05) is 0 Å². The maximum absolute atomic E-state index is 12.3. The Hall–Kier alpha value is -2.96. The van der Waals surface area contributed by atoms with Crippen LogP contribution in [0.4, 0.5) is 5.82 Å². The number of likely N-dealkylation sites (N-methyl/N-ethyl adjacent to an activating group) is 1. The molecule has 0 unspecified atom stereocenters. The van der Waals surface area contributed by atoms with Crippen LogP contribution in [-0.4, -0.2) is 39.9 Å². The van der Waals surface area contributed by atoms with E-state index in [-0.39, 0.29) is 23.9 Å². The van der Waals surface area contributed by atoms with E-state index in [1.807, 2.05) is 13.0 Å². The highest BCUT2D eigenvalue weighted by atomic mass is 16.2. The number of anilines is 1. The molecule has 2 rings (SSSR count). The van der Waals surface area contributed by atoms with Crippen molar-refractivity contribution in [2.45, 2.75) is 6.92 Å². The van der Waals surface area contributed by atoms with Crippen molar-refractivity contribution < 1.29 is 9.59 Å². The smallest absolute Gasteiger partial charge is 0.255 e. The van der Waals surface area contributed by atoms with Gasteiger partial charge in [-0.25, -0.2) is 4.98 Å². The van der Waals surface area contributed by atoms with E-state index in [9.17, 15) is 14.4 Å². The Morgan fingerprint density at radius 3 is 2.70 bits per heavy atom. The van der Waals surface area contributed by atoms with Crippen LogP contribution in [0.15, 0.2) is 41.5 Å². The van der Waals surface area contributed by atoms with E-state index in [0.717, 1.165) is 5.56 Å². The maximum atomic E-state index is 12.3. The number of hydrogen-bond acceptors (Lipinski definition) is 4. The Kier molecular flexibility index (Phi) is 4.90. The lowest BCUT2D eigenvalue weighted by atomic mass is 10.2. The van der Waals surface area contributed by atoms with E-state index in [2.05, 4.69) is 10.3 Å². The van der Waals surface area contributed by atoms with Crippen molar-refractivity contribution in [2.24, 2.45) is 7.05 Å². The molecule has 0 spiro atoms. The minimum Gasteiger partial charge on any atom is -0.332 e. The van der Waals surface area contributed by atoms with Gasteiger partial charge in [0.15, 0.2) is 0 Å². The van der Waals surface area contributed by atoms with Crippen molar-refractivity contribution in [3.63, 3.8) is 0 Å². The van der Waals surface area contributed by atoms with Crippen LogP contribution in [0.25, 0.3) is 0 Å². The number of pyridine rings is 2. The average Bonchev–Trinajstić information content (AvgIpc) is 2.49. The fourth-order valence-corrected chi connectivity index (χ4v) is 2.01. The second kappa shape index (κ2) is 6.87. The lowest BCUT2D eigenvalue weighted by Crippen LogP contribution is -2.35. The molecular weight excluding hydrogens is 296 g/mol. The summed E-state index contributed by atoms with van der Waals surface area (Å²) in [4.78, 5) is 40.9. The SMILES string of the molecule is Cc1ccnc(NC(=O)CN(C)C(=O)c2ccc(=O)n(C)c2)c1. The van der Waals surface area contributed by atoms with Crippen LogP contribution in [-0.2, 0) is 11.8 Å². The van der Waals surface area contributed by atoms with E-state index < -0.39 is 0 Å². The van der Waals surface area contributed by atoms with Gasteiger partial charge in [0.05, 0.1) is 12.1 Å². The molecule has 0 aliphatic heterocycles. The molecule has 0 aliphatic carbocycles. The fraction of sp³-hybridized carbons (Fsp3) is 0.250. The number of carbonyl (C=O) groups excluding carboxylic acids is 2. The Balaban J connectivity index is 2.01. The summed E-state index contributed by atoms with van der Waals surface area (Å²) >= 11 is 0. The largest absolute Gasteiger partial charge is 0.332 e. The third-order valence-corrected chi connectivity index (χ3v) is 3.24. The zero-order valence-corrected chi connectivity index (χ0v) is 13.2. The van der Waals surface area contributed by atoms with E-state index >= 15 is 0 Å². The molecule has 2 heterocycles. The second-order valence-electron chi connectivity index (χ2n) is 5.29. The molecule has 0 radical (unpaired) electrons. The summed E-state index contributed by atoms with van der Waals surface area (Å²) in [7, 11) is 3.09. The van der Waals surface area contributed by atoms with Gasteiger partial charge in [0.25, 0.3) is 5.91 Å².